The first-order valence-electron chi connectivity index (χ1n) is 3.46. The van der Waals surface area contributed by atoms with Crippen LogP contribution in [0.5, 0.6) is 0 Å². The maximum atomic E-state index is 3.95. The van der Waals surface area contributed by atoms with E-state index in [1.54, 1.807) is 12.2 Å². The summed E-state index contributed by atoms with van der Waals surface area (Å²) >= 11 is 1.17. The highest BCUT2D eigenvalue weighted by Gasteiger charge is 1.96. The number of nitrogens with zero attached hydrogens (tertiary/aromatic N) is 2. The van der Waals surface area contributed by atoms with Crippen molar-refractivity contribution in [2.75, 3.05) is 0 Å². The quantitative estimate of drug-likeness (QED) is 0.678. The van der Waals surface area contributed by atoms with Crippen LogP contribution in [-0.2, 0) is 0 Å². The number of hydrogen-bond donors (Lipinski definition) is 0. The molecule has 1 aromatic rings. The lowest BCUT2D eigenvalue weighted by molar-refractivity contribution is 1.44. The third-order valence-corrected chi connectivity index (χ3v) is 1.48. The van der Waals surface area contributed by atoms with E-state index < -0.39 is 0 Å². The van der Waals surface area contributed by atoms with Crippen LogP contribution in [0.3, 0.4) is 0 Å². The Labute approximate surface area is 71.6 Å². The predicted molar refractivity (Wildman–Crippen MR) is 51.4 cm³/mol. The number of aromatic nitrogens is 2. The second kappa shape index (κ2) is 5.80. The Morgan fingerprint density at radius 2 is 1.45 bits per heavy atom. The molecule has 0 aliphatic carbocycles. The van der Waals surface area contributed by atoms with Crippen molar-refractivity contribution in [3.8, 4) is 0 Å². The van der Waals surface area contributed by atoms with E-state index in [1.807, 2.05) is 13.8 Å². The lowest BCUT2D eigenvalue weighted by Crippen LogP contribution is -1.73. The summed E-state index contributed by atoms with van der Waals surface area (Å²) < 4.78 is 7.89. The molecule has 0 N–H and O–H groups in total. The Morgan fingerprint density at radius 1 is 1.09 bits per heavy atom. The van der Waals surface area contributed by atoms with E-state index in [2.05, 4.69) is 21.9 Å². The van der Waals surface area contributed by atoms with Gasteiger partial charge in [0.2, 0.25) is 0 Å². The topological polar surface area (TPSA) is 25.8 Å². The first-order valence-corrected chi connectivity index (χ1v) is 4.19. The van der Waals surface area contributed by atoms with E-state index in [1.165, 1.54) is 11.7 Å². The van der Waals surface area contributed by atoms with Crippen LogP contribution in [0.4, 0.5) is 0 Å². The molecule has 0 radical (unpaired) electrons. The van der Waals surface area contributed by atoms with E-state index in [4.69, 9.17) is 0 Å². The second-order valence-corrected chi connectivity index (χ2v) is 1.97. The molecule has 3 heteroatoms. The van der Waals surface area contributed by atoms with Crippen LogP contribution in [0, 0.1) is 0 Å². The molecule has 1 aromatic heterocycles. The number of hydrogen-bond acceptors (Lipinski definition) is 3. The van der Waals surface area contributed by atoms with Crippen LogP contribution in [-0.4, -0.2) is 8.75 Å². The summed E-state index contributed by atoms with van der Waals surface area (Å²) in [5, 5.41) is 0. The third-order valence-electron chi connectivity index (χ3n) is 0.927. The zero-order chi connectivity index (χ0) is 8.69. The molecular formula is C8H12N2S. The van der Waals surface area contributed by atoms with Crippen molar-refractivity contribution >= 4 is 23.9 Å². The van der Waals surface area contributed by atoms with Gasteiger partial charge in [-0.25, -0.2) is 0 Å². The van der Waals surface area contributed by atoms with Gasteiger partial charge < -0.3 is 0 Å². The van der Waals surface area contributed by atoms with Gasteiger partial charge in [0.1, 0.15) is 11.4 Å². The summed E-state index contributed by atoms with van der Waals surface area (Å²) in [6, 6.07) is 0. The van der Waals surface area contributed by atoms with Gasteiger partial charge in [-0.15, -0.1) is 0 Å². The van der Waals surface area contributed by atoms with Gasteiger partial charge >= 0.3 is 0 Å². The van der Waals surface area contributed by atoms with Crippen LogP contribution >= 0.6 is 11.7 Å². The fraction of sp³-hybridized carbons (Fsp3) is 0.250. The van der Waals surface area contributed by atoms with Gasteiger partial charge in [0, 0.05) is 0 Å². The van der Waals surface area contributed by atoms with Crippen LogP contribution in [0.15, 0.2) is 13.2 Å². The normalized spacial score (nSPS) is 7.82. The van der Waals surface area contributed by atoms with Crippen LogP contribution < -0.4 is 0 Å². The van der Waals surface area contributed by atoms with Crippen molar-refractivity contribution in [2.24, 2.45) is 0 Å². The van der Waals surface area contributed by atoms with Crippen molar-refractivity contribution in [3.05, 3.63) is 24.5 Å². The van der Waals surface area contributed by atoms with Crippen molar-refractivity contribution in [1.82, 2.24) is 8.75 Å². The van der Waals surface area contributed by atoms with Crippen molar-refractivity contribution in [1.29, 1.82) is 0 Å². The molecule has 0 unspecified atom stereocenters. The first-order chi connectivity index (χ1) is 5.38. The number of rotatable bonds is 2. The zero-order valence-corrected chi connectivity index (χ0v) is 7.69. The minimum atomic E-state index is 0.815. The minimum absolute atomic E-state index is 0.815. The molecule has 0 spiro atoms. The molecule has 0 aliphatic rings. The van der Waals surface area contributed by atoms with Crippen LogP contribution in [0.1, 0.15) is 25.2 Å². The molecule has 0 aromatic carbocycles. The molecule has 11 heavy (non-hydrogen) atoms. The average molecular weight is 168 g/mol. The SMILES string of the molecule is C=Cc1nsnc1C=C.CC. The highest BCUT2D eigenvalue weighted by atomic mass is 32.1. The Balaban J connectivity index is 0.000000461. The van der Waals surface area contributed by atoms with Crippen molar-refractivity contribution < 1.29 is 0 Å². The fourth-order valence-corrected chi connectivity index (χ4v) is 1.04. The van der Waals surface area contributed by atoms with E-state index in [9.17, 15) is 0 Å². The van der Waals surface area contributed by atoms with Gasteiger partial charge in [-0.2, -0.15) is 8.75 Å². The van der Waals surface area contributed by atoms with Gasteiger partial charge in [0.15, 0.2) is 0 Å². The van der Waals surface area contributed by atoms with Crippen LogP contribution in [0.25, 0.3) is 12.2 Å². The molecule has 0 aliphatic heterocycles. The summed E-state index contributed by atoms with van der Waals surface area (Å²) in [5.74, 6) is 0. The van der Waals surface area contributed by atoms with Gasteiger partial charge in [-0.05, 0) is 12.2 Å². The largest absolute Gasteiger partial charge is 0.173 e. The molecule has 0 saturated heterocycles. The van der Waals surface area contributed by atoms with E-state index in [0.29, 0.717) is 0 Å². The Bertz CT molecular complexity index is 205. The summed E-state index contributed by atoms with van der Waals surface area (Å²) in [5.41, 5.74) is 1.63. The lowest BCUT2D eigenvalue weighted by atomic mass is 10.3. The van der Waals surface area contributed by atoms with E-state index in [-0.39, 0.29) is 0 Å². The smallest absolute Gasteiger partial charge is 0.104 e. The molecule has 1 rings (SSSR count). The molecule has 0 atom stereocenters. The molecular weight excluding hydrogens is 156 g/mol. The predicted octanol–water partition coefficient (Wildman–Crippen LogP) is 2.85. The molecule has 0 saturated carbocycles. The van der Waals surface area contributed by atoms with E-state index >= 15 is 0 Å². The van der Waals surface area contributed by atoms with Gasteiger partial charge in [0.05, 0.1) is 11.7 Å². The maximum Gasteiger partial charge on any atom is 0.104 e. The molecule has 1 heterocycles. The average Bonchev–Trinajstić information content (AvgIpc) is 2.54. The summed E-state index contributed by atoms with van der Waals surface area (Å²) in [6.07, 6.45) is 3.33. The Hall–Kier alpha value is -0.960. The summed E-state index contributed by atoms with van der Waals surface area (Å²) in [4.78, 5) is 0. The van der Waals surface area contributed by atoms with Crippen molar-refractivity contribution in [2.45, 2.75) is 13.8 Å². The highest BCUT2D eigenvalue weighted by molar-refractivity contribution is 6.99. The molecule has 0 amide bonds. The highest BCUT2D eigenvalue weighted by Crippen LogP contribution is 2.07. The Kier molecular flexibility index (Phi) is 5.29. The summed E-state index contributed by atoms with van der Waals surface area (Å²) in [7, 11) is 0. The molecule has 2 nitrogen and oxygen atoms in total. The van der Waals surface area contributed by atoms with Crippen LogP contribution in [0.2, 0.25) is 0 Å². The maximum absolute atomic E-state index is 3.95. The lowest BCUT2D eigenvalue weighted by Gasteiger charge is -1.80. The minimum Gasteiger partial charge on any atom is -0.173 e. The fourth-order valence-electron chi connectivity index (χ4n) is 0.486. The summed E-state index contributed by atoms with van der Waals surface area (Å²) in [6.45, 7) is 11.1. The van der Waals surface area contributed by atoms with E-state index in [0.717, 1.165) is 11.4 Å². The van der Waals surface area contributed by atoms with Gasteiger partial charge in [0.25, 0.3) is 0 Å². The molecule has 0 bridgehead atoms. The van der Waals surface area contributed by atoms with Gasteiger partial charge in [-0.1, -0.05) is 27.0 Å². The van der Waals surface area contributed by atoms with Gasteiger partial charge in [-0.3, -0.25) is 0 Å². The monoisotopic (exact) mass is 168 g/mol. The Morgan fingerprint density at radius 3 is 1.73 bits per heavy atom. The second-order valence-electron chi connectivity index (χ2n) is 1.44. The molecule has 0 fully saturated rings. The third kappa shape index (κ3) is 2.63. The first kappa shape index (κ1) is 10.0. The van der Waals surface area contributed by atoms with Crippen molar-refractivity contribution in [3.63, 3.8) is 0 Å². The zero-order valence-electron chi connectivity index (χ0n) is 6.87. The molecule has 60 valence electrons. The standard InChI is InChI=1S/C6H6N2S.C2H6/c1-3-5-6(4-2)8-9-7-5;1-2/h3-4H,1-2H2;1-2H3.